The Kier molecular flexibility index (Phi) is 3.70. The molecule has 3 heterocycles. The van der Waals surface area contributed by atoms with Crippen LogP contribution in [-0.2, 0) is 4.74 Å². The second-order valence-electron chi connectivity index (χ2n) is 4.91. The fourth-order valence-corrected chi connectivity index (χ4v) is 2.35. The third-order valence-corrected chi connectivity index (χ3v) is 3.41. The summed E-state index contributed by atoms with van der Waals surface area (Å²) in [5.41, 5.74) is 3.78. The molecular weight excluding hydrogens is 300 g/mol. The second kappa shape index (κ2) is 5.69. The molecule has 120 valence electrons. The Hall–Kier alpha value is -2.94. The zero-order valence-electron chi connectivity index (χ0n) is 13.0. The molecule has 0 spiro atoms. The van der Waals surface area contributed by atoms with Gasteiger partial charge in [-0.3, -0.25) is 9.20 Å². The summed E-state index contributed by atoms with van der Waals surface area (Å²) in [6.07, 6.45) is 0.774. The maximum Gasteiger partial charge on any atom is 0.432 e. The number of aromatic nitrogens is 2. The lowest BCUT2D eigenvalue weighted by atomic mass is 10.2. The highest BCUT2D eigenvalue weighted by Crippen LogP contribution is 2.11. The van der Waals surface area contributed by atoms with Crippen LogP contribution < -0.4 is 11.1 Å². The Labute approximate surface area is 131 Å². The van der Waals surface area contributed by atoms with Crippen LogP contribution in [0.15, 0.2) is 34.3 Å². The fourth-order valence-electron chi connectivity index (χ4n) is 2.35. The number of pyridine rings is 1. The topological polar surface area (TPSA) is 91.5 Å². The molecule has 0 saturated carbocycles. The summed E-state index contributed by atoms with van der Waals surface area (Å²) in [7, 11) is 1.59. The van der Waals surface area contributed by atoms with Crippen molar-refractivity contribution in [3.05, 3.63) is 46.0 Å². The highest BCUT2D eigenvalue weighted by Gasteiger charge is 2.33. The SMILES string of the molecule is CCOC(=O)N1C(c2cnc3cccc(C)n3c2=O)=NNN1C. The van der Waals surface area contributed by atoms with Crippen molar-refractivity contribution in [3.63, 3.8) is 0 Å². The molecule has 1 aliphatic rings. The smallest absolute Gasteiger partial charge is 0.432 e. The number of ether oxygens (including phenoxy) is 1. The van der Waals surface area contributed by atoms with Crippen molar-refractivity contribution in [3.8, 4) is 0 Å². The van der Waals surface area contributed by atoms with Crippen LogP contribution in [0.2, 0.25) is 0 Å². The zero-order valence-corrected chi connectivity index (χ0v) is 13.0. The normalized spacial score (nSPS) is 14.7. The van der Waals surface area contributed by atoms with Crippen LogP contribution in [0.3, 0.4) is 0 Å². The number of hydrazine groups is 2. The van der Waals surface area contributed by atoms with Gasteiger partial charge >= 0.3 is 6.09 Å². The minimum atomic E-state index is -0.631. The van der Waals surface area contributed by atoms with Gasteiger partial charge in [0.1, 0.15) is 11.2 Å². The lowest BCUT2D eigenvalue weighted by molar-refractivity contribution is 0.0306. The first kappa shape index (κ1) is 15.0. The first-order chi connectivity index (χ1) is 11.0. The van der Waals surface area contributed by atoms with Crippen LogP contribution in [-0.4, -0.2) is 45.1 Å². The highest BCUT2D eigenvalue weighted by atomic mass is 16.6. The number of rotatable bonds is 2. The lowest BCUT2D eigenvalue weighted by Crippen LogP contribution is -2.48. The maximum absolute atomic E-state index is 12.8. The van der Waals surface area contributed by atoms with Gasteiger partial charge in [0.2, 0.25) is 0 Å². The van der Waals surface area contributed by atoms with Gasteiger partial charge in [0.05, 0.1) is 6.61 Å². The Bertz CT molecular complexity index is 859. The molecule has 9 nitrogen and oxygen atoms in total. The maximum atomic E-state index is 12.8. The monoisotopic (exact) mass is 316 g/mol. The molecule has 2 aromatic heterocycles. The van der Waals surface area contributed by atoms with E-state index in [2.05, 4.69) is 15.6 Å². The number of fused-ring (bicyclic) bond motifs is 1. The van der Waals surface area contributed by atoms with Gasteiger partial charge in [-0.05, 0) is 26.0 Å². The van der Waals surface area contributed by atoms with Crippen LogP contribution in [0.5, 0.6) is 0 Å². The average Bonchev–Trinajstić information content (AvgIpc) is 2.89. The first-order valence-corrected chi connectivity index (χ1v) is 7.06. The predicted octanol–water partition coefficient (Wildman–Crippen LogP) is 0.488. The lowest BCUT2D eigenvalue weighted by Gasteiger charge is -2.22. The third-order valence-electron chi connectivity index (χ3n) is 3.41. The van der Waals surface area contributed by atoms with E-state index in [1.54, 1.807) is 20.0 Å². The number of carbonyl (C=O) groups excluding carboxylic acids is 1. The summed E-state index contributed by atoms with van der Waals surface area (Å²) in [6.45, 7) is 3.72. The zero-order chi connectivity index (χ0) is 16.6. The van der Waals surface area contributed by atoms with E-state index in [1.165, 1.54) is 15.7 Å². The van der Waals surface area contributed by atoms with Gasteiger partial charge in [0.25, 0.3) is 5.56 Å². The van der Waals surface area contributed by atoms with Crippen LogP contribution in [0.25, 0.3) is 5.65 Å². The highest BCUT2D eigenvalue weighted by molar-refractivity contribution is 6.06. The van der Waals surface area contributed by atoms with Crippen molar-refractivity contribution in [1.29, 1.82) is 0 Å². The van der Waals surface area contributed by atoms with Crippen molar-refractivity contribution in [2.24, 2.45) is 5.10 Å². The molecule has 0 fully saturated rings. The van der Waals surface area contributed by atoms with Crippen LogP contribution in [0, 0.1) is 6.92 Å². The number of amides is 1. The first-order valence-electron chi connectivity index (χ1n) is 7.06. The molecular formula is C14H16N6O3. The molecule has 9 heteroatoms. The molecule has 0 bridgehead atoms. The van der Waals surface area contributed by atoms with Gasteiger partial charge in [0.15, 0.2) is 5.84 Å². The summed E-state index contributed by atoms with van der Waals surface area (Å²) in [5.74, 6) is 0.140. The number of carbonyl (C=O) groups is 1. The molecule has 0 unspecified atom stereocenters. The molecule has 1 N–H and O–H groups in total. The van der Waals surface area contributed by atoms with Gasteiger partial charge in [0, 0.05) is 18.9 Å². The molecule has 0 aliphatic carbocycles. The molecule has 0 atom stereocenters. The fraction of sp³-hybridized carbons (Fsp3) is 0.286. The quantitative estimate of drug-likeness (QED) is 0.867. The number of amidine groups is 1. The van der Waals surface area contributed by atoms with Crippen molar-refractivity contribution in [2.75, 3.05) is 13.7 Å². The second-order valence-corrected chi connectivity index (χ2v) is 4.91. The summed E-state index contributed by atoms with van der Waals surface area (Å²) >= 11 is 0. The number of hydrazone groups is 1. The largest absolute Gasteiger partial charge is 0.448 e. The summed E-state index contributed by atoms with van der Waals surface area (Å²) in [6, 6.07) is 5.37. The summed E-state index contributed by atoms with van der Waals surface area (Å²) in [4.78, 5) is 29.1. The standard InChI is InChI=1S/C14H16N6O3/c1-4-23-14(22)20-12(16-17-18(20)3)10-8-15-11-7-5-6-9(2)19(11)13(10)21/h5-8,17H,4H2,1-3H3. The van der Waals surface area contributed by atoms with Crippen LogP contribution in [0.1, 0.15) is 18.2 Å². The minimum absolute atomic E-state index is 0.140. The van der Waals surface area contributed by atoms with E-state index in [1.807, 2.05) is 19.1 Å². The molecule has 1 amide bonds. The van der Waals surface area contributed by atoms with Crippen LogP contribution in [0.4, 0.5) is 4.79 Å². The molecule has 1 aliphatic heterocycles. The predicted molar refractivity (Wildman–Crippen MR) is 82.5 cm³/mol. The van der Waals surface area contributed by atoms with Gasteiger partial charge in [-0.1, -0.05) is 6.07 Å². The van der Waals surface area contributed by atoms with Crippen LogP contribution >= 0.6 is 0 Å². The molecule has 23 heavy (non-hydrogen) atoms. The van der Waals surface area contributed by atoms with E-state index < -0.39 is 6.09 Å². The molecule has 0 aromatic carbocycles. The number of aryl methyl sites for hydroxylation is 1. The molecule has 0 saturated heterocycles. The molecule has 3 rings (SSSR count). The summed E-state index contributed by atoms with van der Waals surface area (Å²) in [5, 5.41) is 6.51. The van der Waals surface area contributed by atoms with Gasteiger partial charge in [-0.15, -0.1) is 10.2 Å². The number of hydrogen-bond donors (Lipinski definition) is 1. The number of hydrogen-bond acceptors (Lipinski definition) is 7. The average molecular weight is 316 g/mol. The van der Waals surface area contributed by atoms with E-state index >= 15 is 0 Å². The van der Waals surface area contributed by atoms with E-state index in [4.69, 9.17) is 4.74 Å². The van der Waals surface area contributed by atoms with Gasteiger partial charge in [-0.25, -0.2) is 15.3 Å². The van der Waals surface area contributed by atoms with Crippen molar-refractivity contribution < 1.29 is 9.53 Å². The Morgan fingerprint density at radius 1 is 1.39 bits per heavy atom. The van der Waals surface area contributed by atoms with E-state index in [0.717, 1.165) is 10.7 Å². The Morgan fingerprint density at radius 2 is 2.17 bits per heavy atom. The number of nitrogens with zero attached hydrogens (tertiary/aromatic N) is 5. The summed E-state index contributed by atoms with van der Waals surface area (Å²) < 4.78 is 6.47. The minimum Gasteiger partial charge on any atom is -0.448 e. The van der Waals surface area contributed by atoms with Crippen molar-refractivity contribution >= 4 is 17.6 Å². The Balaban J connectivity index is 2.13. The van der Waals surface area contributed by atoms with Crippen molar-refractivity contribution in [2.45, 2.75) is 13.8 Å². The molecule has 2 aromatic rings. The number of nitrogens with one attached hydrogen (secondary N) is 1. The van der Waals surface area contributed by atoms with Gasteiger partial charge < -0.3 is 4.74 Å². The van der Waals surface area contributed by atoms with Gasteiger partial charge in [-0.2, -0.15) is 5.01 Å². The Morgan fingerprint density at radius 3 is 2.91 bits per heavy atom. The molecule has 0 radical (unpaired) electrons. The van der Waals surface area contributed by atoms with E-state index in [0.29, 0.717) is 5.65 Å². The van der Waals surface area contributed by atoms with E-state index in [9.17, 15) is 9.59 Å². The van der Waals surface area contributed by atoms with E-state index in [-0.39, 0.29) is 23.6 Å². The third kappa shape index (κ3) is 2.40. The van der Waals surface area contributed by atoms with Crippen molar-refractivity contribution in [1.82, 2.24) is 25.0 Å².